The van der Waals surface area contributed by atoms with E-state index in [1.807, 2.05) is 75.1 Å². The molecule has 5 nitrogen and oxygen atoms in total. The summed E-state index contributed by atoms with van der Waals surface area (Å²) in [6.45, 7) is 14.9. The Kier molecular flexibility index (Phi) is 7.17. The molecule has 2 aromatic carbocycles. The summed E-state index contributed by atoms with van der Waals surface area (Å²) < 4.78 is 1.69. The molecule has 0 aliphatic rings. The molecule has 0 saturated heterocycles. The molecule has 0 fully saturated rings. The fourth-order valence-electron chi connectivity index (χ4n) is 3.91. The van der Waals surface area contributed by atoms with Gasteiger partial charge in [-0.1, -0.05) is 45.9 Å². The number of para-hydroxylation sites is 1. The molecule has 1 heterocycles. The zero-order chi connectivity index (χ0) is 23.6. The molecular weight excluding hydrogens is 398 g/mol. The van der Waals surface area contributed by atoms with Gasteiger partial charge in [0.05, 0.1) is 22.6 Å². The SMILES string of the molecule is Cc1ccc(-n2c(C(C)N(CCC(C)C)C(=O)C(C)C)nc3ccccc3c2=O)cc1C. The molecule has 0 bridgehead atoms. The summed E-state index contributed by atoms with van der Waals surface area (Å²) in [5.74, 6) is 1.00. The monoisotopic (exact) mass is 433 g/mol. The summed E-state index contributed by atoms with van der Waals surface area (Å²) in [4.78, 5) is 33.6. The second-order valence-corrected chi connectivity index (χ2v) is 9.44. The minimum Gasteiger partial charge on any atom is -0.333 e. The van der Waals surface area contributed by atoms with Crippen LogP contribution in [0.4, 0.5) is 0 Å². The summed E-state index contributed by atoms with van der Waals surface area (Å²) in [6.07, 6.45) is 0.893. The van der Waals surface area contributed by atoms with Crippen LogP contribution in [0.1, 0.15) is 64.0 Å². The van der Waals surface area contributed by atoms with Gasteiger partial charge in [-0.25, -0.2) is 4.98 Å². The number of aryl methyl sites for hydroxylation is 2. The van der Waals surface area contributed by atoms with Crippen molar-refractivity contribution in [3.05, 3.63) is 69.8 Å². The van der Waals surface area contributed by atoms with E-state index < -0.39 is 0 Å². The maximum Gasteiger partial charge on any atom is 0.266 e. The van der Waals surface area contributed by atoms with Gasteiger partial charge in [0.1, 0.15) is 5.82 Å². The second-order valence-electron chi connectivity index (χ2n) is 9.44. The van der Waals surface area contributed by atoms with Crippen LogP contribution in [0.5, 0.6) is 0 Å². The molecule has 32 heavy (non-hydrogen) atoms. The fourth-order valence-corrected chi connectivity index (χ4v) is 3.91. The predicted octanol–water partition coefficient (Wildman–Crippen LogP) is 5.59. The van der Waals surface area contributed by atoms with Gasteiger partial charge in [-0.15, -0.1) is 0 Å². The second kappa shape index (κ2) is 9.68. The van der Waals surface area contributed by atoms with Crippen LogP contribution in [0.25, 0.3) is 16.6 Å². The van der Waals surface area contributed by atoms with E-state index in [1.165, 1.54) is 5.56 Å². The number of carbonyl (C=O) groups is 1. The minimum atomic E-state index is -0.345. The Balaban J connectivity index is 2.25. The van der Waals surface area contributed by atoms with Gasteiger partial charge < -0.3 is 4.90 Å². The van der Waals surface area contributed by atoms with Crippen molar-refractivity contribution in [3.8, 4) is 5.69 Å². The predicted molar refractivity (Wildman–Crippen MR) is 131 cm³/mol. The maximum atomic E-state index is 13.7. The Hall–Kier alpha value is -2.95. The Morgan fingerprint density at radius 2 is 1.69 bits per heavy atom. The van der Waals surface area contributed by atoms with E-state index in [0.29, 0.717) is 29.2 Å². The van der Waals surface area contributed by atoms with E-state index in [1.54, 1.807) is 4.57 Å². The molecule has 0 aliphatic heterocycles. The molecule has 0 saturated carbocycles. The number of hydrogen-bond acceptors (Lipinski definition) is 3. The summed E-state index contributed by atoms with van der Waals surface area (Å²) in [5.41, 5.74) is 3.59. The van der Waals surface area contributed by atoms with E-state index in [0.717, 1.165) is 17.7 Å². The van der Waals surface area contributed by atoms with E-state index >= 15 is 0 Å². The molecule has 3 rings (SSSR count). The summed E-state index contributed by atoms with van der Waals surface area (Å²) in [5, 5.41) is 0.575. The van der Waals surface area contributed by atoms with Crippen molar-refractivity contribution in [2.45, 2.75) is 60.9 Å². The van der Waals surface area contributed by atoms with Crippen molar-refractivity contribution in [1.82, 2.24) is 14.5 Å². The Bertz CT molecular complexity index is 1180. The van der Waals surface area contributed by atoms with Gasteiger partial charge in [0, 0.05) is 12.5 Å². The summed E-state index contributed by atoms with van der Waals surface area (Å²) >= 11 is 0. The molecule has 1 aromatic heterocycles. The minimum absolute atomic E-state index is 0.0761. The Morgan fingerprint density at radius 1 is 1.00 bits per heavy atom. The van der Waals surface area contributed by atoms with Gasteiger partial charge in [-0.2, -0.15) is 0 Å². The zero-order valence-electron chi connectivity index (χ0n) is 20.3. The number of benzene rings is 2. The molecule has 3 aromatic rings. The highest BCUT2D eigenvalue weighted by Crippen LogP contribution is 2.26. The lowest BCUT2D eigenvalue weighted by atomic mass is 10.1. The number of hydrogen-bond donors (Lipinski definition) is 0. The normalized spacial score (nSPS) is 12.5. The number of rotatable bonds is 7. The smallest absolute Gasteiger partial charge is 0.266 e. The van der Waals surface area contributed by atoms with Crippen LogP contribution in [0.2, 0.25) is 0 Å². The molecule has 1 unspecified atom stereocenters. The number of aromatic nitrogens is 2. The quantitative estimate of drug-likeness (QED) is 0.488. The molecule has 170 valence electrons. The maximum absolute atomic E-state index is 13.7. The third-order valence-corrected chi connectivity index (χ3v) is 6.12. The fraction of sp³-hybridized carbons (Fsp3) is 0.444. The molecule has 0 aliphatic carbocycles. The van der Waals surface area contributed by atoms with Crippen LogP contribution < -0.4 is 5.56 Å². The first-order valence-electron chi connectivity index (χ1n) is 11.5. The van der Waals surface area contributed by atoms with Gasteiger partial charge in [-0.3, -0.25) is 14.2 Å². The summed E-state index contributed by atoms with van der Waals surface area (Å²) in [7, 11) is 0. The van der Waals surface area contributed by atoms with Crippen LogP contribution >= 0.6 is 0 Å². The number of nitrogens with zero attached hydrogens (tertiary/aromatic N) is 3. The van der Waals surface area contributed by atoms with E-state index in [2.05, 4.69) is 20.8 Å². The number of carbonyl (C=O) groups excluding carboxylic acids is 1. The largest absolute Gasteiger partial charge is 0.333 e. The third kappa shape index (κ3) is 4.77. The van der Waals surface area contributed by atoms with Gasteiger partial charge >= 0.3 is 0 Å². The van der Waals surface area contributed by atoms with Gasteiger partial charge in [0.25, 0.3) is 5.56 Å². The molecule has 1 amide bonds. The number of amides is 1. The lowest BCUT2D eigenvalue weighted by molar-refractivity contribution is -0.137. The first kappa shape index (κ1) is 23.7. The van der Waals surface area contributed by atoms with Crippen LogP contribution in [0.15, 0.2) is 47.3 Å². The highest BCUT2D eigenvalue weighted by Gasteiger charge is 2.28. The van der Waals surface area contributed by atoms with Gasteiger partial charge in [-0.05, 0) is 68.5 Å². The van der Waals surface area contributed by atoms with Crippen LogP contribution in [-0.4, -0.2) is 26.9 Å². The topological polar surface area (TPSA) is 55.2 Å². The van der Waals surface area contributed by atoms with Crippen molar-refractivity contribution >= 4 is 16.8 Å². The molecular formula is C27H35N3O2. The average Bonchev–Trinajstić information content (AvgIpc) is 2.75. The van der Waals surface area contributed by atoms with Crippen LogP contribution in [0, 0.1) is 25.7 Å². The average molecular weight is 434 g/mol. The van der Waals surface area contributed by atoms with Crippen molar-refractivity contribution in [2.75, 3.05) is 6.54 Å². The van der Waals surface area contributed by atoms with Gasteiger partial charge in [0.15, 0.2) is 0 Å². The highest BCUT2D eigenvalue weighted by molar-refractivity contribution is 5.79. The molecule has 0 N–H and O–H groups in total. The van der Waals surface area contributed by atoms with E-state index in [4.69, 9.17) is 4.98 Å². The van der Waals surface area contributed by atoms with Gasteiger partial charge in [0.2, 0.25) is 5.91 Å². The molecule has 1 atom stereocenters. The highest BCUT2D eigenvalue weighted by atomic mass is 16.2. The Morgan fingerprint density at radius 3 is 2.31 bits per heavy atom. The van der Waals surface area contributed by atoms with Crippen LogP contribution in [-0.2, 0) is 4.79 Å². The van der Waals surface area contributed by atoms with Crippen LogP contribution in [0.3, 0.4) is 0 Å². The first-order valence-corrected chi connectivity index (χ1v) is 11.5. The zero-order valence-corrected chi connectivity index (χ0v) is 20.3. The van der Waals surface area contributed by atoms with Crippen molar-refractivity contribution < 1.29 is 4.79 Å². The first-order chi connectivity index (χ1) is 15.1. The standard InChI is InChI=1S/C27H35N3O2/c1-17(2)14-15-29(26(31)18(3)4)21(7)25-28-24-11-9-8-10-23(24)27(32)30(25)22-13-12-19(5)20(6)16-22/h8-13,16-18,21H,14-15H2,1-7H3. The van der Waals surface area contributed by atoms with Crippen molar-refractivity contribution in [1.29, 1.82) is 0 Å². The molecule has 5 heteroatoms. The number of fused-ring (bicyclic) bond motifs is 1. The molecule has 0 spiro atoms. The van der Waals surface area contributed by atoms with E-state index in [-0.39, 0.29) is 23.4 Å². The lowest BCUT2D eigenvalue weighted by Crippen LogP contribution is -2.40. The molecule has 0 radical (unpaired) electrons. The lowest BCUT2D eigenvalue weighted by Gasteiger charge is -2.32. The van der Waals surface area contributed by atoms with Crippen molar-refractivity contribution in [3.63, 3.8) is 0 Å². The Labute approximate surface area is 191 Å². The summed E-state index contributed by atoms with van der Waals surface area (Å²) in [6, 6.07) is 13.1. The van der Waals surface area contributed by atoms with Crippen molar-refractivity contribution in [2.24, 2.45) is 11.8 Å². The third-order valence-electron chi connectivity index (χ3n) is 6.12. The van der Waals surface area contributed by atoms with E-state index in [9.17, 15) is 9.59 Å².